The number of nitrogens with zero attached hydrogens (tertiary/aromatic N) is 6. The van der Waals surface area contributed by atoms with E-state index in [1.54, 1.807) is 7.05 Å². The van der Waals surface area contributed by atoms with Crippen molar-refractivity contribution in [3.8, 4) is 0 Å². The molecule has 0 spiro atoms. The molecule has 1 fully saturated rings. The molecule has 0 radical (unpaired) electrons. The van der Waals surface area contributed by atoms with Crippen LogP contribution in [0.5, 0.6) is 0 Å². The number of hydrogen-bond acceptors (Lipinski definition) is 5. The van der Waals surface area contributed by atoms with E-state index in [2.05, 4.69) is 10.1 Å². The average molecular weight is 428 g/mol. The number of alkyl halides is 4. The molecular formula is C18H20F4N6O2. The number of pyridine rings is 1. The molecule has 0 aliphatic carbocycles. The zero-order chi connectivity index (χ0) is 21.6. The topological polar surface area (TPSA) is 76.3 Å². The van der Waals surface area contributed by atoms with Gasteiger partial charge < -0.3 is 4.90 Å². The van der Waals surface area contributed by atoms with Gasteiger partial charge in [0.05, 0.1) is 19.6 Å². The molecule has 12 heteroatoms. The van der Waals surface area contributed by atoms with Gasteiger partial charge in [0.25, 0.3) is 0 Å². The van der Waals surface area contributed by atoms with Crippen molar-refractivity contribution in [2.45, 2.75) is 37.9 Å². The van der Waals surface area contributed by atoms with Crippen LogP contribution in [0.4, 0.5) is 17.6 Å². The minimum atomic E-state index is -4.55. The van der Waals surface area contributed by atoms with E-state index in [1.165, 1.54) is 15.5 Å². The summed E-state index contributed by atoms with van der Waals surface area (Å²) >= 11 is 0. The molecule has 2 aromatic rings. The molecule has 8 nitrogen and oxygen atoms in total. The van der Waals surface area contributed by atoms with Gasteiger partial charge in [-0.3, -0.25) is 19.2 Å². The van der Waals surface area contributed by atoms with E-state index in [4.69, 9.17) is 0 Å². The van der Waals surface area contributed by atoms with Gasteiger partial charge in [0.1, 0.15) is 23.7 Å². The SMILES string of the molecule is CN1Cc2nn(Cc3ccc(C(F)(F)F)nc3)c(=O)n2C(C(=O)N2CC[C@H](F)C2)C1. The molecular weight excluding hydrogens is 408 g/mol. The monoisotopic (exact) mass is 428 g/mol. The van der Waals surface area contributed by atoms with E-state index in [1.807, 2.05) is 4.90 Å². The summed E-state index contributed by atoms with van der Waals surface area (Å²) in [6, 6.07) is 1.26. The number of hydrogen-bond donors (Lipinski definition) is 0. The van der Waals surface area contributed by atoms with Gasteiger partial charge in [-0.05, 0) is 25.1 Å². The first-order valence-corrected chi connectivity index (χ1v) is 9.45. The highest BCUT2D eigenvalue weighted by Gasteiger charge is 2.38. The Kier molecular flexibility index (Phi) is 5.12. The number of fused-ring (bicyclic) bond motifs is 1. The first kappa shape index (κ1) is 20.5. The van der Waals surface area contributed by atoms with Crippen LogP contribution in [0.15, 0.2) is 23.1 Å². The van der Waals surface area contributed by atoms with Crippen molar-refractivity contribution in [2.24, 2.45) is 0 Å². The van der Waals surface area contributed by atoms with Gasteiger partial charge in [0.15, 0.2) is 0 Å². The maximum atomic E-state index is 13.5. The highest BCUT2D eigenvalue weighted by Crippen LogP contribution is 2.27. The van der Waals surface area contributed by atoms with Gasteiger partial charge in [0.2, 0.25) is 5.91 Å². The van der Waals surface area contributed by atoms with Crippen molar-refractivity contribution in [3.05, 3.63) is 45.9 Å². The molecule has 0 aromatic carbocycles. The molecule has 1 amide bonds. The van der Waals surface area contributed by atoms with Crippen LogP contribution >= 0.6 is 0 Å². The first-order chi connectivity index (χ1) is 14.1. The predicted molar refractivity (Wildman–Crippen MR) is 96.3 cm³/mol. The molecule has 2 aliphatic rings. The minimum absolute atomic E-state index is 0.00842. The Balaban J connectivity index is 1.61. The summed E-state index contributed by atoms with van der Waals surface area (Å²) in [5.74, 6) is 0.0452. The van der Waals surface area contributed by atoms with Gasteiger partial charge in [-0.1, -0.05) is 6.07 Å². The van der Waals surface area contributed by atoms with E-state index < -0.39 is 29.8 Å². The highest BCUT2D eigenvalue weighted by atomic mass is 19.4. The van der Waals surface area contributed by atoms with Crippen molar-refractivity contribution in [1.29, 1.82) is 0 Å². The van der Waals surface area contributed by atoms with Crippen LogP contribution in [0, 0.1) is 0 Å². The Morgan fingerprint density at radius 1 is 1.27 bits per heavy atom. The molecule has 162 valence electrons. The standard InChI is InChI=1S/C18H20F4N6O2/c1-25-9-13(16(29)26-5-4-12(19)8-26)28-15(10-25)24-27(17(28)30)7-11-2-3-14(23-6-11)18(20,21)22/h2-3,6,12-13H,4-5,7-10H2,1H3/t12-,13?/m0/s1. The third-order valence-electron chi connectivity index (χ3n) is 5.32. The minimum Gasteiger partial charge on any atom is -0.338 e. The maximum Gasteiger partial charge on any atom is 0.433 e. The van der Waals surface area contributed by atoms with Gasteiger partial charge in [-0.15, -0.1) is 0 Å². The molecule has 2 aliphatic heterocycles. The third kappa shape index (κ3) is 3.83. The summed E-state index contributed by atoms with van der Waals surface area (Å²) < 4.78 is 54.0. The molecule has 1 unspecified atom stereocenters. The van der Waals surface area contributed by atoms with Crippen molar-refractivity contribution in [1.82, 2.24) is 29.1 Å². The molecule has 4 heterocycles. The normalized spacial score (nSPS) is 22.4. The second-order valence-corrected chi connectivity index (χ2v) is 7.66. The van der Waals surface area contributed by atoms with Crippen molar-refractivity contribution in [3.63, 3.8) is 0 Å². The van der Waals surface area contributed by atoms with Crippen molar-refractivity contribution < 1.29 is 22.4 Å². The number of carbonyl (C=O) groups excluding carboxylic acids is 1. The second kappa shape index (κ2) is 7.49. The smallest absolute Gasteiger partial charge is 0.338 e. The summed E-state index contributed by atoms with van der Waals surface area (Å²) in [4.78, 5) is 32.5. The fourth-order valence-electron chi connectivity index (χ4n) is 3.85. The lowest BCUT2D eigenvalue weighted by atomic mass is 10.2. The zero-order valence-corrected chi connectivity index (χ0v) is 16.1. The predicted octanol–water partition coefficient (Wildman–Crippen LogP) is 1.06. The Morgan fingerprint density at radius 2 is 2.03 bits per heavy atom. The number of likely N-dealkylation sites (N-methyl/N-ethyl adjacent to an activating group) is 1. The van der Waals surface area contributed by atoms with Crippen molar-refractivity contribution >= 4 is 5.91 Å². The van der Waals surface area contributed by atoms with Crippen LogP contribution in [-0.4, -0.2) is 67.9 Å². The number of amides is 1. The largest absolute Gasteiger partial charge is 0.433 e. The molecule has 2 atom stereocenters. The van der Waals surface area contributed by atoms with Crippen LogP contribution in [0.25, 0.3) is 0 Å². The van der Waals surface area contributed by atoms with Crippen LogP contribution in [0.1, 0.15) is 29.5 Å². The molecule has 2 aromatic heterocycles. The Bertz CT molecular complexity index is 1000. The molecule has 1 saturated heterocycles. The lowest BCUT2D eigenvalue weighted by Crippen LogP contribution is -2.47. The lowest BCUT2D eigenvalue weighted by molar-refractivity contribution is -0.141. The maximum absolute atomic E-state index is 13.5. The summed E-state index contributed by atoms with van der Waals surface area (Å²) in [5, 5.41) is 4.27. The molecule has 4 rings (SSSR count). The summed E-state index contributed by atoms with van der Waals surface area (Å²) in [6.07, 6.45) is -4.29. The van der Waals surface area contributed by atoms with E-state index in [0.717, 1.165) is 16.9 Å². The molecule has 0 N–H and O–H groups in total. The van der Waals surface area contributed by atoms with Gasteiger partial charge in [0, 0.05) is 19.3 Å². The Morgan fingerprint density at radius 3 is 2.63 bits per heavy atom. The fraction of sp³-hybridized carbons (Fsp3) is 0.556. The number of rotatable bonds is 3. The average Bonchev–Trinajstić information content (AvgIpc) is 3.24. The second-order valence-electron chi connectivity index (χ2n) is 7.66. The molecule has 0 saturated carbocycles. The molecule has 0 bridgehead atoms. The quantitative estimate of drug-likeness (QED) is 0.684. The summed E-state index contributed by atoms with van der Waals surface area (Å²) in [7, 11) is 1.79. The highest BCUT2D eigenvalue weighted by molar-refractivity contribution is 5.81. The van der Waals surface area contributed by atoms with Crippen LogP contribution in [-0.2, 0) is 24.1 Å². The number of likely N-dealkylation sites (tertiary alicyclic amines) is 1. The molecule has 30 heavy (non-hydrogen) atoms. The zero-order valence-electron chi connectivity index (χ0n) is 16.1. The third-order valence-corrected chi connectivity index (χ3v) is 5.32. The van der Waals surface area contributed by atoms with Crippen molar-refractivity contribution in [2.75, 3.05) is 26.7 Å². The van der Waals surface area contributed by atoms with Gasteiger partial charge in [-0.25, -0.2) is 13.9 Å². The van der Waals surface area contributed by atoms with E-state index in [-0.39, 0.29) is 32.0 Å². The van der Waals surface area contributed by atoms with E-state index in [0.29, 0.717) is 24.5 Å². The fourth-order valence-corrected chi connectivity index (χ4v) is 3.85. The summed E-state index contributed by atoms with van der Waals surface area (Å²) in [6.45, 7) is 0.852. The van der Waals surface area contributed by atoms with Gasteiger partial charge >= 0.3 is 11.9 Å². The van der Waals surface area contributed by atoms with Crippen LogP contribution < -0.4 is 5.69 Å². The number of carbonyl (C=O) groups is 1. The number of halogens is 4. The Labute approximate surface area is 168 Å². The van der Waals surface area contributed by atoms with Crippen LogP contribution in [0.3, 0.4) is 0 Å². The first-order valence-electron chi connectivity index (χ1n) is 9.45. The van der Waals surface area contributed by atoms with E-state index >= 15 is 0 Å². The Hall–Kier alpha value is -2.76. The summed E-state index contributed by atoms with van der Waals surface area (Å²) in [5.41, 5.74) is -1.18. The van der Waals surface area contributed by atoms with E-state index in [9.17, 15) is 27.2 Å². The lowest BCUT2D eigenvalue weighted by Gasteiger charge is -2.31. The van der Waals surface area contributed by atoms with Gasteiger partial charge in [-0.2, -0.15) is 18.3 Å². The number of aromatic nitrogens is 4. The van der Waals surface area contributed by atoms with Crippen LogP contribution in [0.2, 0.25) is 0 Å².